The third-order valence-electron chi connectivity index (χ3n) is 2.55. The summed E-state index contributed by atoms with van der Waals surface area (Å²) in [6.45, 7) is 1.54. The first kappa shape index (κ1) is 12.1. The van der Waals surface area contributed by atoms with E-state index < -0.39 is 0 Å². The predicted molar refractivity (Wildman–Crippen MR) is 63.2 cm³/mol. The van der Waals surface area contributed by atoms with Crippen molar-refractivity contribution in [1.82, 2.24) is 15.3 Å². The first-order valence-corrected chi connectivity index (χ1v) is 5.67. The Morgan fingerprint density at radius 2 is 2.47 bits per heavy atom. The van der Waals surface area contributed by atoms with Crippen LogP contribution in [0, 0.1) is 5.92 Å². The molecule has 2 rings (SSSR count). The number of hydrogen-bond donors (Lipinski definition) is 2. The van der Waals surface area contributed by atoms with Crippen molar-refractivity contribution in [3.63, 3.8) is 0 Å². The lowest BCUT2D eigenvalue weighted by atomic mass is 10.1. The van der Waals surface area contributed by atoms with Gasteiger partial charge in [-0.15, -0.1) is 0 Å². The number of aromatic nitrogens is 2. The second-order valence-electron chi connectivity index (χ2n) is 3.74. The molecule has 1 fully saturated rings. The van der Waals surface area contributed by atoms with Crippen LogP contribution in [0.5, 0.6) is 5.88 Å². The van der Waals surface area contributed by atoms with E-state index in [1.165, 1.54) is 13.2 Å². The maximum atomic E-state index is 11.8. The molecule has 1 amide bonds. The van der Waals surface area contributed by atoms with E-state index in [1.807, 2.05) is 0 Å². The predicted octanol–water partition coefficient (Wildman–Crippen LogP) is 0.687. The van der Waals surface area contributed by atoms with Crippen LogP contribution >= 0.6 is 11.6 Å². The second kappa shape index (κ2) is 5.29. The van der Waals surface area contributed by atoms with E-state index in [2.05, 4.69) is 20.6 Å². The van der Waals surface area contributed by atoms with E-state index in [-0.39, 0.29) is 22.9 Å². The second-order valence-corrected chi connectivity index (χ2v) is 4.12. The summed E-state index contributed by atoms with van der Waals surface area (Å²) in [7, 11) is 1.48. The smallest absolute Gasteiger partial charge is 0.234 e. The van der Waals surface area contributed by atoms with Gasteiger partial charge in [0.05, 0.1) is 13.0 Å². The molecule has 6 nitrogen and oxygen atoms in total. The van der Waals surface area contributed by atoms with Crippen LogP contribution in [0.25, 0.3) is 0 Å². The van der Waals surface area contributed by atoms with E-state index in [9.17, 15) is 4.79 Å². The molecule has 2 heterocycles. The number of anilines is 1. The van der Waals surface area contributed by atoms with Gasteiger partial charge in [0, 0.05) is 12.6 Å². The highest BCUT2D eigenvalue weighted by atomic mass is 35.5. The molecule has 92 valence electrons. The monoisotopic (exact) mass is 256 g/mol. The summed E-state index contributed by atoms with van der Waals surface area (Å²) in [6, 6.07) is 1.48. The minimum Gasteiger partial charge on any atom is -0.481 e. The Morgan fingerprint density at radius 1 is 1.65 bits per heavy atom. The molecule has 1 aromatic rings. The molecule has 1 aliphatic rings. The number of methoxy groups -OCH3 is 1. The van der Waals surface area contributed by atoms with Gasteiger partial charge in [0.25, 0.3) is 0 Å². The first-order valence-electron chi connectivity index (χ1n) is 5.29. The highest BCUT2D eigenvalue weighted by Gasteiger charge is 2.23. The van der Waals surface area contributed by atoms with Gasteiger partial charge in [-0.05, 0) is 13.0 Å². The summed E-state index contributed by atoms with van der Waals surface area (Å²) in [5.41, 5.74) is 0. The van der Waals surface area contributed by atoms with Gasteiger partial charge in [-0.1, -0.05) is 11.6 Å². The van der Waals surface area contributed by atoms with Crippen molar-refractivity contribution in [2.45, 2.75) is 6.42 Å². The normalized spacial score (nSPS) is 19.1. The van der Waals surface area contributed by atoms with E-state index in [0.717, 1.165) is 13.0 Å². The fourth-order valence-corrected chi connectivity index (χ4v) is 1.82. The molecule has 0 saturated carbocycles. The quantitative estimate of drug-likeness (QED) is 0.778. The SMILES string of the molecule is COc1cc(Cl)nc(NC(=O)C2CCNC2)n1. The Morgan fingerprint density at radius 3 is 3.12 bits per heavy atom. The van der Waals surface area contributed by atoms with Crippen LogP contribution in [-0.4, -0.2) is 36.1 Å². The lowest BCUT2D eigenvalue weighted by Gasteiger charge is -2.09. The summed E-state index contributed by atoms with van der Waals surface area (Å²) in [5.74, 6) is 0.360. The number of nitrogens with one attached hydrogen (secondary N) is 2. The van der Waals surface area contributed by atoms with Crippen LogP contribution in [0.1, 0.15) is 6.42 Å². The molecule has 0 radical (unpaired) electrons. The molecule has 7 heteroatoms. The van der Waals surface area contributed by atoms with Crippen molar-refractivity contribution in [2.75, 3.05) is 25.5 Å². The van der Waals surface area contributed by atoms with Gasteiger partial charge in [0.1, 0.15) is 5.15 Å². The molecule has 0 aromatic carbocycles. The lowest BCUT2D eigenvalue weighted by molar-refractivity contribution is -0.119. The molecule has 2 N–H and O–H groups in total. The summed E-state index contributed by atoms with van der Waals surface area (Å²) < 4.78 is 4.94. The Balaban J connectivity index is 2.06. The van der Waals surface area contributed by atoms with Gasteiger partial charge in [-0.25, -0.2) is 4.98 Å². The van der Waals surface area contributed by atoms with Crippen LogP contribution in [0.3, 0.4) is 0 Å². The number of hydrogen-bond acceptors (Lipinski definition) is 5. The molecule has 1 unspecified atom stereocenters. The number of rotatable bonds is 3. The van der Waals surface area contributed by atoms with Gasteiger partial charge in [0.15, 0.2) is 0 Å². The Bertz CT molecular complexity index is 421. The molecule has 1 atom stereocenters. The fraction of sp³-hybridized carbons (Fsp3) is 0.500. The van der Waals surface area contributed by atoms with Crippen molar-refractivity contribution in [3.05, 3.63) is 11.2 Å². The zero-order valence-electron chi connectivity index (χ0n) is 9.36. The highest BCUT2D eigenvalue weighted by molar-refractivity contribution is 6.29. The van der Waals surface area contributed by atoms with Crippen LogP contribution in [-0.2, 0) is 4.79 Å². The molecule has 1 saturated heterocycles. The third kappa shape index (κ3) is 3.04. The topological polar surface area (TPSA) is 76.1 Å². The van der Waals surface area contributed by atoms with E-state index in [1.54, 1.807) is 0 Å². The number of amides is 1. The van der Waals surface area contributed by atoms with Crippen molar-refractivity contribution < 1.29 is 9.53 Å². The molecule has 0 aliphatic carbocycles. The van der Waals surface area contributed by atoms with Crippen LogP contribution in [0.2, 0.25) is 5.15 Å². The largest absolute Gasteiger partial charge is 0.481 e. The van der Waals surface area contributed by atoms with E-state index in [0.29, 0.717) is 12.4 Å². The maximum absolute atomic E-state index is 11.8. The molecule has 1 aliphatic heterocycles. The molecule has 0 spiro atoms. The zero-order valence-corrected chi connectivity index (χ0v) is 10.1. The van der Waals surface area contributed by atoms with Crippen molar-refractivity contribution >= 4 is 23.5 Å². The van der Waals surface area contributed by atoms with Crippen LogP contribution in [0.4, 0.5) is 5.95 Å². The van der Waals surface area contributed by atoms with Crippen LogP contribution < -0.4 is 15.4 Å². The highest BCUT2D eigenvalue weighted by Crippen LogP contribution is 2.17. The number of ether oxygens (including phenoxy) is 1. The molecule has 17 heavy (non-hydrogen) atoms. The number of nitrogens with zero attached hydrogens (tertiary/aromatic N) is 2. The van der Waals surface area contributed by atoms with Gasteiger partial charge in [-0.2, -0.15) is 4.98 Å². The average Bonchev–Trinajstić information content (AvgIpc) is 2.81. The number of halogens is 1. The van der Waals surface area contributed by atoms with Crippen molar-refractivity contribution in [3.8, 4) is 5.88 Å². The summed E-state index contributed by atoms with van der Waals surface area (Å²) in [4.78, 5) is 19.7. The number of carbonyl (C=O) groups is 1. The van der Waals surface area contributed by atoms with Gasteiger partial charge < -0.3 is 10.1 Å². The minimum absolute atomic E-state index is 0.0384. The molecular weight excluding hydrogens is 244 g/mol. The van der Waals surface area contributed by atoms with Gasteiger partial charge in [-0.3, -0.25) is 10.1 Å². The van der Waals surface area contributed by atoms with Crippen molar-refractivity contribution in [1.29, 1.82) is 0 Å². The summed E-state index contributed by atoms with van der Waals surface area (Å²) in [5, 5.41) is 5.99. The molecule has 1 aromatic heterocycles. The molecular formula is C10H13ClN4O2. The standard InChI is InChI=1S/C10H13ClN4O2/c1-17-8-4-7(11)13-10(14-8)15-9(16)6-2-3-12-5-6/h4,6,12H,2-3,5H2,1H3,(H,13,14,15,16). The lowest BCUT2D eigenvalue weighted by Crippen LogP contribution is -2.25. The minimum atomic E-state index is -0.0979. The third-order valence-corrected chi connectivity index (χ3v) is 2.74. The fourth-order valence-electron chi connectivity index (χ4n) is 1.65. The van der Waals surface area contributed by atoms with E-state index >= 15 is 0 Å². The average molecular weight is 257 g/mol. The molecule has 0 bridgehead atoms. The van der Waals surface area contributed by atoms with Crippen LogP contribution in [0.15, 0.2) is 6.07 Å². The Kier molecular flexibility index (Phi) is 3.75. The first-order chi connectivity index (χ1) is 8.19. The summed E-state index contributed by atoms with van der Waals surface area (Å²) >= 11 is 5.78. The Labute approximate surface area is 104 Å². The zero-order chi connectivity index (χ0) is 12.3. The van der Waals surface area contributed by atoms with Gasteiger partial charge in [0.2, 0.25) is 17.7 Å². The Hall–Kier alpha value is -1.40. The summed E-state index contributed by atoms with van der Waals surface area (Å²) in [6.07, 6.45) is 0.823. The van der Waals surface area contributed by atoms with Crippen molar-refractivity contribution in [2.24, 2.45) is 5.92 Å². The van der Waals surface area contributed by atoms with E-state index in [4.69, 9.17) is 16.3 Å². The maximum Gasteiger partial charge on any atom is 0.234 e. The van der Waals surface area contributed by atoms with Gasteiger partial charge >= 0.3 is 0 Å². The number of carbonyl (C=O) groups excluding carboxylic acids is 1.